The molecule has 0 aliphatic carbocycles. The molecule has 0 spiro atoms. The Morgan fingerprint density at radius 1 is 0.927 bits per heavy atom. The smallest absolute Gasteiger partial charge is 0.269 e. The number of benzene rings is 3. The number of unbranched alkanes of at least 4 members (excludes halogenated alkanes) is 3. The lowest BCUT2D eigenvalue weighted by Gasteiger charge is -2.14. The normalized spacial score (nSPS) is 12.6. The summed E-state index contributed by atoms with van der Waals surface area (Å²) < 4.78 is 7.27. The largest absolute Gasteiger partial charge is 0.497 e. The average Bonchev–Trinajstić information content (AvgIpc) is 3.39. The van der Waals surface area contributed by atoms with Gasteiger partial charge in [0, 0.05) is 36.2 Å². The Kier molecular flexibility index (Phi) is 7.82. The number of nitrogens with one attached hydrogen (secondary N) is 1. The molecular formula is C31H30N4O6. The number of anilines is 1. The number of hydrogen-bond acceptors (Lipinski definition) is 6. The van der Waals surface area contributed by atoms with Crippen LogP contribution >= 0.6 is 0 Å². The number of nitro groups is 1. The maximum atomic E-state index is 13.0. The predicted octanol–water partition coefficient (Wildman–Crippen LogP) is 6.04. The Hall–Kier alpha value is -4.99. The summed E-state index contributed by atoms with van der Waals surface area (Å²) in [7, 11) is 1.59. The number of aryl methyl sites for hydroxylation is 1. The van der Waals surface area contributed by atoms with Crippen molar-refractivity contribution in [1.29, 1.82) is 0 Å². The number of imide groups is 1. The minimum Gasteiger partial charge on any atom is -0.497 e. The number of nitro benzene ring substituents is 1. The molecule has 0 radical (unpaired) electrons. The van der Waals surface area contributed by atoms with E-state index >= 15 is 0 Å². The summed E-state index contributed by atoms with van der Waals surface area (Å²) in [6, 6.07) is 18.7. The topological polar surface area (TPSA) is 124 Å². The van der Waals surface area contributed by atoms with Crippen LogP contribution in [0.3, 0.4) is 0 Å². The van der Waals surface area contributed by atoms with E-state index in [1.807, 2.05) is 29.7 Å². The Morgan fingerprint density at radius 2 is 1.59 bits per heavy atom. The van der Waals surface area contributed by atoms with E-state index in [2.05, 4.69) is 5.32 Å². The van der Waals surface area contributed by atoms with E-state index in [9.17, 15) is 24.5 Å². The van der Waals surface area contributed by atoms with Crippen LogP contribution in [0.4, 0.5) is 11.5 Å². The number of aromatic nitrogens is 1. The number of non-ortho nitro benzene ring substituents is 1. The van der Waals surface area contributed by atoms with Gasteiger partial charge in [-0.1, -0.05) is 25.0 Å². The van der Waals surface area contributed by atoms with E-state index in [0.717, 1.165) is 29.3 Å². The summed E-state index contributed by atoms with van der Waals surface area (Å²) in [5, 5.41) is 15.1. The van der Waals surface area contributed by atoms with Crippen LogP contribution in [-0.2, 0) is 4.79 Å². The summed E-state index contributed by atoms with van der Waals surface area (Å²) in [5.41, 5.74) is 3.26. The van der Waals surface area contributed by atoms with Crippen LogP contribution in [-0.4, -0.2) is 45.8 Å². The molecule has 1 aliphatic rings. The Bertz CT molecular complexity index is 1620. The first kappa shape index (κ1) is 27.6. The van der Waals surface area contributed by atoms with Crippen molar-refractivity contribution in [2.45, 2.75) is 39.0 Å². The van der Waals surface area contributed by atoms with Gasteiger partial charge in [-0.3, -0.25) is 34.0 Å². The highest BCUT2D eigenvalue weighted by molar-refractivity contribution is 6.21. The van der Waals surface area contributed by atoms with E-state index < -0.39 is 4.92 Å². The number of hydrogen-bond donors (Lipinski definition) is 1. The van der Waals surface area contributed by atoms with E-state index in [1.54, 1.807) is 43.5 Å². The van der Waals surface area contributed by atoms with Crippen LogP contribution in [0.1, 0.15) is 58.4 Å². The second-order valence-corrected chi connectivity index (χ2v) is 9.99. The number of nitrogens with zero attached hydrogens (tertiary/aromatic N) is 3. The minimum absolute atomic E-state index is 0.0165. The molecule has 4 aromatic rings. The summed E-state index contributed by atoms with van der Waals surface area (Å²) >= 11 is 0. The Balaban J connectivity index is 1.21. The molecule has 0 saturated carbocycles. The fourth-order valence-electron chi connectivity index (χ4n) is 5.24. The first-order valence-electron chi connectivity index (χ1n) is 13.5. The number of rotatable bonds is 11. The first-order chi connectivity index (χ1) is 19.8. The van der Waals surface area contributed by atoms with Crippen molar-refractivity contribution < 1.29 is 24.0 Å². The summed E-state index contributed by atoms with van der Waals surface area (Å²) in [4.78, 5) is 50.0. The molecule has 1 aliphatic heterocycles. The molecule has 2 heterocycles. The van der Waals surface area contributed by atoms with Gasteiger partial charge >= 0.3 is 0 Å². The monoisotopic (exact) mass is 554 g/mol. The maximum absolute atomic E-state index is 13.0. The van der Waals surface area contributed by atoms with Crippen LogP contribution in [0.25, 0.3) is 16.6 Å². The summed E-state index contributed by atoms with van der Waals surface area (Å²) in [5.74, 6) is 0.632. The van der Waals surface area contributed by atoms with E-state index in [-0.39, 0.29) is 23.4 Å². The molecule has 10 nitrogen and oxygen atoms in total. The van der Waals surface area contributed by atoms with Crippen molar-refractivity contribution in [3.05, 3.63) is 93.5 Å². The zero-order chi connectivity index (χ0) is 29.1. The second-order valence-electron chi connectivity index (χ2n) is 9.99. The van der Waals surface area contributed by atoms with Crippen molar-refractivity contribution in [2.24, 2.45) is 0 Å². The Morgan fingerprint density at radius 3 is 2.22 bits per heavy atom. The van der Waals surface area contributed by atoms with Crippen LogP contribution < -0.4 is 10.1 Å². The van der Waals surface area contributed by atoms with Gasteiger partial charge in [-0.25, -0.2) is 0 Å². The highest BCUT2D eigenvalue weighted by atomic mass is 16.6. The van der Waals surface area contributed by atoms with Gasteiger partial charge in [0.2, 0.25) is 5.91 Å². The third kappa shape index (κ3) is 5.41. The number of carbonyl (C=O) groups is 3. The molecule has 41 heavy (non-hydrogen) atoms. The Labute approximate surface area is 236 Å². The van der Waals surface area contributed by atoms with Gasteiger partial charge in [0.05, 0.1) is 28.7 Å². The predicted molar refractivity (Wildman–Crippen MR) is 155 cm³/mol. The third-order valence-corrected chi connectivity index (χ3v) is 7.42. The maximum Gasteiger partial charge on any atom is 0.269 e. The second kappa shape index (κ2) is 11.6. The van der Waals surface area contributed by atoms with Gasteiger partial charge in [-0.15, -0.1) is 0 Å². The summed E-state index contributed by atoms with van der Waals surface area (Å²) in [6.45, 7) is 2.27. The van der Waals surface area contributed by atoms with Crippen LogP contribution in [0.5, 0.6) is 5.75 Å². The lowest BCUT2D eigenvalue weighted by molar-refractivity contribution is -0.384. The number of carbonyl (C=O) groups excluding carboxylic acids is 3. The van der Waals surface area contributed by atoms with Crippen molar-refractivity contribution in [1.82, 2.24) is 9.47 Å². The molecule has 210 valence electrons. The zero-order valence-corrected chi connectivity index (χ0v) is 22.9. The van der Waals surface area contributed by atoms with E-state index in [0.29, 0.717) is 54.2 Å². The zero-order valence-electron chi connectivity index (χ0n) is 22.9. The fourth-order valence-corrected chi connectivity index (χ4v) is 5.24. The first-order valence-corrected chi connectivity index (χ1v) is 13.5. The molecule has 0 saturated heterocycles. The number of methoxy groups -OCH3 is 1. The van der Waals surface area contributed by atoms with Gasteiger partial charge in [0.15, 0.2) is 0 Å². The van der Waals surface area contributed by atoms with Gasteiger partial charge < -0.3 is 10.1 Å². The van der Waals surface area contributed by atoms with Crippen molar-refractivity contribution in [3.63, 3.8) is 0 Å². The molecule has 5 rings (SSSR count). The molecule has 0 fully saturated rings. The van der Waals surface area contributed by atoms with E-state index in [4.69, 9.17) is 4.74 Å². The molecule has 3 aromatic carbocycles. The molecule has 10 heteroatoms. The van der Waals surface area contributed by atoms with Crippen LogP contribution in [0, 0.1) is 17.0 Å². The lowest BCUT2D eigenvalue weighted by Crippen LogP contribution is -2.30. The lowest BCUT2D eigenvalue weighted by atomic mass is 10.1. The van der Waals surface area contributed by atoms with Crippen LogP contribution in [0.2, 0.25) is 0 Å². The molecule has 0 unspecified atom stereocenters. The molecule has 1 N–H and O–H groups in total. The highest BCUT2D eigenvalue weighted by Crippen LogP contribution is 2.35. The van der Waals surface area contributed by atoms with Gasteiger partial charge in [-0.05, 0) is 67.8 Å². The molecular weight excluding hydrogens is 524 g/mol. The average molecular weight is 555 g/mol. The van der Waals surface area contributed by atoms with Crippen molar-refractivity contribution >= 4 is 40.1 Å². The van der Waals surface area contributed by atoms with Gasteiger partial charge in [-0.2, -0.15) is 0 Å². The van der Waals surface area contributed by atoms with Crippen molar-refractivity contribution in [2.75, 3.05) is 19.0 Å². The fraction of sp³-hybridized carbons (Fsp3) is 0.258. The van der Waals surface area contributed by atoms with Gasteiger partial charge in [0.1, 0.15) is 11.6 Å². The SMILES string of the molecule is COc1ccc2c(c1)c(C)c(NC(=O)CCCCCCN1C(=O)c3ccccc3C1=O)n2-c1ccc([N+](=O)[O-])cc1. The number of fused-ring (bicyclic) bond motifs is 2. The third-order valence-electron chi connectivity index (χ3n) is 7.42. The number of amides is 3. The molecule has 1 aromatic heterocycles. The molecule has 3 amide bonds. The van der Waals surface area contributed by atoms with Crippen LogP contribution in [0.15, 0.2) is 66.7 Å². The molecule has 0 bridgehead atoms. The summed E-state index contributed by atoms with van der Waals surface area (Å²) in [6.07, 6.45) is 3.18. The van der Waals surface area contributed by atoms with Gasteiger partial charge in [0.25, 0.3) is 17.5 Å². The molecule has 0 atom stereocenters. The van der Waals surface area contributed by atoms with E-state index in [1.165, 1.54) is 17.0 Å². The quantitative estimate of drug-likeness (QED) is 0.104. The highest BCUT2D eigenvalue weighted by Gasteiger charge is 2.34. The van der Waals surface area contributed by atoms with Crippen molar-refractivity contribution in [3.8, 4) is 11.4 Å². The number of ether oxygens (including phenoxy) is 1. The minimum atomic E-state index is -0.448. The standard InChI is InChI=1S/C31H30N4O6/c1-20-26-19-23(41-2)16-17-27(26)34(21-12-14-22(15-13-21)35(39)40)29(20)32-28(36)11-5-3-4-8-18-33-30(37)24-9-6-7-10-25(24)31(33)38/h6-7,9-10,12-17,19H,3-5,8,11,18H2,1-2H3,(H,32,36).